The Bertz CT molecular complexity index is 193. The lowest BCUT2D eigenvalue weighted by molar-refractivity contribution is 0.114. The van der Waals surface area contributed by atoms with Crippen molar-refractivity contribution in [2.24, 2.45) is 11.7 Å². The van der Waals surface area contributed by atoms with Crippen LogP contribution in [0.1, 0.15) is 65.2 Å². The van der Waals surface area contributed by atoms with E-state index in [0.717, 1.165) is 18.5 Å². The van der Waals surface area contributed by atoms with Gasteiger partial charge in [0.15, 0.2) is 0 Å². The highest BCUT2D eigenvalue weighted by molar-refractivity contribution is 4.82. The minimum absolute atomic E-state index is 0.608. The first-order chi connectivity index (χ1) is 8.19. The van der Waals surface area contributed by atoms with Crippen LogP contribution >= 0.6 is 0 Å². The molecular formula is C15H32N2. The van der Waals surface area contributed by atoms with Gasteiger partial charge in [0.25, 0.3) is 0 Å². The number of nitrogens with two attached hydrogens (primary N) is 1. The fourth-order valence-electron chi connectivity index (χ4n) is 3.19. The molecule has 2 heteroatoms. The van der Waals surface area contributed by atoms with Crippen LogP contribution in [0.2, 0.25) is 0 Å². The van der Waals surface area contributed by atoms with Crippen LogP contribution in [0.4, 0.5) is 0 Å². The Morgan fingerprint density at radius 1 is 1.29 bits per heavy atom. The number of nitrogens with zero attached hydrogens (tertiary/aromatic N) is 1. The smallest absolute Gasteiger partial charge is 0.0218 e. The highest BCUT2D eigenvalue weighted by atomic mass is 15.2. The summed E-state index contributed by atoms with van der Waals surface area (Å²) in [5.41, 5.74) is 5.96. The second-order valence-corrected chi connectivity index (χ2v) is 5.98. The van der Waals surface area contributed by atoms with E-state index < -0.39 is 0 Å². The van der Waals surface area contributed by atoms with Crippen LogP contribution in [-0.2, 0) is 0 Å². The molecule has 0 heterocycles. The van der Waals surface area contributed by atoms with Gasteiger partial charge < -0.3 is 5.73 Å². The summed E-state index contributed by atoms with van der Waals surface area (Å²) < 4.78 is 0. The summed E-state index contributed by atoms with van der Waals surface area (Å²) in [6.07, 6.45) is 10.9. The number of likely N-dealkylation sites (N-methyl/N-ethyl adjacent to an activating group) is 1. The molecule has 1 fully saturated rings. The van der Waals surface area contributed by atoms with Gasteiger partial charge in [0.1, 0.15) is 0 Å². The van der Waals surface area contributed by atoms with Crippen molar-refractivity contribution < 1.29 is 0 Å². The molecule has 0 saturated heterocycles. The van der Waals surface area contributed by atoms with E-state index in [1.807, 2.05) is 0 Å². The van der Waals surface area contributed by atoms with Gasteiger partial charge >= 0.3 is 0 Å². The van der Waals surface area contributed by atoms with E-state index in [4.69, 9.17) is 5.73 Å². The molecule has 1 rings (SSSR count). The lowest BCUT2D eigenvalue weighted by Crippen LogP contribution is -2.46. The molecule has 0 bridgehead atoms. The van der Waals surface area contributed by atoms with Crippen molar-refractivity contribution in [3.05, 3.63) is 0 Å². The zero-order valence-electron chi connectivity index (χ0n) is 12.1. The molecule has 0 aliphatic heterocycles. The maximum absolute atomic E-state index is 5.96. The van der Waals surface area contributed by atoms with Gasteiger partial charge in [-0.1, -0.05) is 46.0 Å². The zero-order chi connectivity index (χ0) is 12.7. The lowest BCUT2D eigenvalue weighted by Gasteiger charge is -2.38. The molecule has 0 aromatic rings. The van der Waals surface area contributed by atoms with Gasteiger partial charge in [0, 0.05) is 18.6 Å². The molecule has 0 radical (unpaired) electrons. The van der Waals surface area contributed by atoms with E-state index in [1.165, 1.54) is 51.4 Å². The quantitative estimate of drug-likeness (QED) is 0.691. The van der Waals surface area contributed by atoms with Crippen LogP contribution in [0.5, 0.6) is 0 Å². The molecular weight excluding hydrogens is 208 g/mol. The second-order valence-electron chi connectivity index (χ2n) is 5.98. The van der Waals surface area contributed by atoms with Crippen LogP contribution in [0.15, 0.2) is 0 Å². The highest BCUT2D eigenvalue weighted by Gasteiger charge is 2.26. The average Bonchev–Trinajstić information content (AvgIpc) is 2.34. The largest absolute Gasteiger partial charge is 0.329 e. The molecule has 3 unspecified atom stereocenters. The Labute approximate surface area is 108 Å². The third kappa shape index (κ3) is 4.97. The molecule has 0 aromatic heterocycles. The second kappa shape index (κ2) is 8.10. The molecule has 1 saturated carbocycles. The summed E-state index contributed by atoms with van der Waals surface area (Å²) >= 11 is 0. The Hall–Kier alpha value is -0.0800. The molecule has 0 spiro atoms. The van der Waals surface area contributed by atoms with Crippen molar-refractivity contribution in [2.75, 3.05) is 13.6 Å². The minimum atomic E-state index is 0.608. The number of hydrogen-bond donors (Lipinski definition) is 1. The van der Waals surface area contributed by atoms with E-state index in [2.05, 4.69) is 25.8 Å². The summed E-state index contributed by atoms with van der Waals surface area (Å²) in [5, 5.41) is 0. The van der Waals surface area contributed by atoms with Gasteiger partial charge in [-0.25, -0.2) is 0 Å². The zero-order valence-corrected chi connectivity index (χ0v) is 12.1. The summed E-state index contributed by atoms with van der Waals surface area (Å²) in [5.74, 6) is 0.908. The predicted octanol–water partition coefficient (Wildman–Crippen LogP) is 3.40. The Balaban J connectivity index is 2.38. The molecule has 3 atom stereocenters. The van der Waals surface area contributed by atoms with E-state index >= 15 is 0 Å². The molecule has 102 valence electrons. The summed E-state index contributed by atoms with van der Waals surface area (Å²) in [4.78, 5) is 2.59. The van der Waals surface area contributed by atoms with Crippen molar-refractivity contribution in [2.45, 2.75) is 77.3 Å². The van der Waals surface area contributed by atoms with Crippen molar-refractivity contribution in [1.29, 1.82) is 0 Å². The topological polar surface area (TPSA) is 29.3 Å². The van der Waals surface area contributed by atoms with Crippen LogP contribution in [0.3, 0.4) is 0 Å². The maximum Gasteiger partial charge on any atom is 0.0218 e. The summed E-state index contributed by atoms with van der Waals surface area (Å²) in [7, 11) is 2.30. The van der Waals surface area contributed by atoms with Crippen molar-refractivity contribution in [3.63, 3.8) is 0 Å². The van der Waals surface area contributed by atoms with Crippen molar-refractivity contribution in [1.82, 2.24) is 4.90 Å². The highest BCUT2D eigenvalue weighted by Crippen LogP contribution is 2.28. The van der Waals surface area contributed by atoms with Crippen molar-refractivity contribution in [3.8, 4) is 0 Å². The van der Waals surface area contributed by atoms with E-state index in [0.29, 0.717) is 6.04 Å². The van der Waals surface area contributed by atoms with Crippen LogP contribution in [0.25, 0.3) is 0 Å². The van der Waals surface area contributed by atoms with Gasteiger partial charge in [-0.3, -0.25) is 4.90 Å². The van der Waals surface area contributed by atoms with Crippen LogP contribution in [-0.4, -0.2) is 30.6 Å². The molecule has 1 aliphatic rings. The Morgan fingerprint density at radius 2 is 2.06 bits per heavy atom. The number of hydrogen-bond acceptors (Lipinski definition) is 2. The third-order valence-corrected chi connectivity index (χ3v) is 4.47. The van der Waals surface area contributed by atoms with Gasteiger partial charge in [0.2, 0.25) is 0 Å². The minimum Gasteiger partial charge on any atom is -0.329 e. The molecule has 17 heavy (non-hydrogen) atoms. The molecule has 1 aliphatic carbocycles. The summed E-state index contributed by atoms with van der Waals surface area (Å²) in [6, 6.07) is 1.39. The molecule has 0 amide bonds. The maximum atomic E-state index is 5.96. The normalized spacial score (nSPS) is 27.4. The SMILES string of the molecule is CCCCCC(CN)N(C)C1CCCC(C)C1. The monoisotopic (exact) mass is 240 g/mol. The molecule has 2 nitrogen and oxygen atoms in total. The standard InChI is InChI=1S/C15H32N2/c1-4-5-6-9-15(12-16)17(3)14-10-7-8-13(2)11-14/h13-15H,4-12,16H2,1-3H3. The lowest BCUT2D eigenvalue weighted by atomic mass is 9.85. The fraction of sp³-hybridized carbons (Fsp3) is 1.00. The van der Waals surface area contributed by atoms with Crippen molar-refractivity contribution >= 4 is 0 Å². The predicted molar refractivity (Wildman–Crippen MR) is 76.2 cm³/mol. The fourth-order valence-corrected chi connectivity index (χ4v) is 3.19. The molecule has 0 aromatic carbocycles. The van der Waals surface area contributed by atoms with Gasteiger partial charge in [-0.15, -0.1) is 0 Å². The molecule has 2 N–H and O–H groups in total. The van der Waals surface area contributed by atoms with E-state index in [-0.39, 0.29) is 0 Å². The number of unbranched alkanes of at least 4 members (excludes halogenated alkanes) is 2. The van der Waals surface area contributed by atoms with E-state index in [9.17, 15) is 0 Å². The Morgan fingerprint density at radius 3 is 2.65 bits per heavy atom. The van der Waals surface area contributed by atoms with Crippen LogP contribution < -0.4 is 5.73 Å². The van der Waals surface area contributed by atoms with E-state index in [1.54, 1.807) is 0 Å². The van der Waals surface area contributed by atoms with Gasteiger partial charge in [-0.05, 0) is 32.2 Å². The van der Waals surface area contributed by atoms with Gasteiger partial charge in [0.05, 0.1) is 0 Å². The third-order valence-electron chi connectivity index (χ3n) is 4.47. The summed E-state index contributed by atoms with van der Waals surface area (Å²) in [6.45, 7) is 5.49. The average molecular weight is 240 g/mol. The number of rotatable bonds is 7. The Kier molecular flexibility index (Phi) is 7.14. The van der Waals surface area contributed by atoms with Gasteiger partial charge in [-0.2, -0.15) is 0 Å². The first-order valence-corrected chi connectivity index (χ1v) is 7.61. The van der Waals surface area contributed by atoms with Crippen LogP contribution in [0, 0.1) is 5.92 Å². The first kappa shape index (κ1) is 15.0. The first-order valence-electron chi connectivity index (χ1n) is 7.61.